The van der Waals surface area contributed by atoms with Crippen molar-refractivity contribution < 1.29 is 13.7 Å². The molecule has 4 heterocycles. The molecule has 11 nitrogen and oxygen atoms in total. The van der Waals surface area contributed by atoms with Crippen LogP contribution in [0.5, 0.6) is 11.8 Å². The van der Waals surface area contributed by atoms with Crippen LogP contribution >= 0.6 is 0 Å². The number of hydrogen-bond donors (Lipinski definition) is 1. The van der Waals surface area contributed by atoms with Crippen molar-refractivity contribution in [1.29, 1.82) is 0 Å². The summed E-state index contributed by atoms with van der Waals surface area (Å²) in [6.07, 6.45) is 1.56. The molecule has 33 heavy (non-hydrogen) atoms. The van der Waals surface area contributed by atoms with E-state index in [0.29, 0.717) is 39.9 Å². The quantitative estimate of drug-likeness (QED) is 0.421. The molecule has 0 spiro atoms. The number of ether oxygens (including phenoxy) is 1. The highest BCUT2D eigenvalue weighted by Gasteiger charge is 2.15. The van der Waals surface area contributed by atoms with Gasteiger partial charge in [0.15, 0.2) is 11.6 Å². The third kappa shape index (κ3) is 3.53. The molecule has 0 radical (unpaired) electrons. The van der Waals surface area contributed by atoms with Crippen molar-refractivity contribution in [3.63, 3.8) is 0 Å². The van der Waals surface area contributed by atoms with Crippen LogP contribution in [0.1, 0.15) is 0 Å². The fourth-order valence-corrected chi connectivity index (χ4v) is 3.30. The third-order valence-electron chi connectivity index (χ3n) is 4.77. The molecule has 6 rings (SSSR count). The van der Waals surface area contributed by atoms with Crippen LogP contribution in [0.2, 0.25) is 0 Å². The topological polar surface area (TPSA) is 144 Å². The van der Waals surface area contributed by atoms with E-state index < -0.39 is 0 Å². The molecule has 0 fully saturated rings. The third-order valence-corrected chi connectivity index (χ3v) is 4.77. The number of rotatable bonds is 5. The van der Waals surface area contributed by atoms with Crippen molar-refractivity contribution in [2.45, 2.75) is 0 Å². The number of nitrogen functional groups attached to an aromatic ring is 1. The highest BCUT2D eigenvalue weighted by atomic mass is 16.6. The molecule has 0 aliphatic carbocycles. The van der Waals surface area contributed by atoms with Crippen molar-refractivity contribution in [3.8, 4) is 40.5 Å². The normalized spacial score (nSPS) is 11.2. The number of furan rings is 1. The van der Waals surface area contributed by atoms with Gasteiger partial charge >= 0.3 is 6.01 Å². The average Bonchev–Trinajstić information content (AvgIpc) is 3.60. The molecule has 2 aromatic carbocycles. The van der Waals surface area contributed by atoms with E-state index >= 15 is 0 Å². The number of anilines is 1. The van der Waals surface area contributed by atoms with Crippen LogP contribution in [0.25, 0.3) is 39.8 Å². The summed E-state index contributed by atoms with van der Waals surface area (Å²) < 4.78 is 18.0. The standard InChI is InChI=1S/C22H14N8O3/c23-21-24-16(18-7-4-10-31-18)12-19(25-21)30-17-9-8-14(11-15(17)27-29-30)32-22-26-20(33-28-22)13-5-2-1-3-6-13/h1-12H,(H2,23,24,25). The van der Waals surface area contributed by atoms with Crippen LogP contribution in [0.3, 0.4) is 0 Å². The Balaban J connectivity index is 1.30. The van der Waals surface area contributed by atoms with Gasteiger partial charge in [0.25, 0.3) is 5.89 Å². The number of nitrogens with zero attached hydrogens (tertiary/aromatic N) is 7. The van der Waals surface area contributed by atoms with E-state index in [9.17, 15) is 0 Å². The highest BCUT2D eigenvalue weighted by molar-refractivity contribution is 5.78. The number of nitrogens with two attached hydrogens (primary N) is 1. The summed E-state index contributed by atoms with van der Waals surface area (Å²) >= 11 is 0. The minimum Gasteiger partial charge on any atom is -0.463 e. The molecule has 160 valence electrons. The first kappa shape index (κ1) is 18.7. The van der Waals surface area contributed by atoms with Crippen molar-refractivity contribution in [1.82, 2.24) is 35.1 Å². The van der Waals surface area contributed by atoms with Gasteiger partial charge in [-0.05, 0) is 41.6 Å². The van der Waals surface area contributed by atoms with Crippen LogP contribution < -0.4 is 10.5 Å². The van der Waals surface area contributed by atoms with Gasteiger partial charge in [0, 0.05) is 17.7 Å². The van der Waals surface area contributed by atoms with Crippen molar-refractivity contribution in [3.05, 3.63) is 73.0 Å². The largest absolute Gasteiger partial charge is 0.463 e. The zero-order valence-electron chi connectivity index (χ0n) is 16.9. The molecule has 11 heteroatoms. The van der Waals surface area contributed by atoms with Gasteiger partial charge in [-0.3, -0.25) is 0 Å². The van der Waals surface area contributed by atoms with Crippen LogP contribution in [0.15, 0.2) is 81.9 Å². The summed E-state index contributed by atoms with van der Waals surface area (Å²) in [4.78, 5) is 12.8. The Morgan fingerprint density at radius 1 is 0.909 bits per heavy atom. The van der Waals surface area contributed by atoms with Gasteiger partial charge in [0.2, 0.25) is 5.95 Å². The number of benzene rings is 2. The van der Waals surface area contributed by atoms with E-state index in [2.05, 4.69) is 30.4 Å². The fourth-order valence-electron chi connectivity index (χ4n) is 3.30. The Hall–Kier alpha value is -5.06. The van der Waals surface area contributed by atoms with Crippen molar-refractivity contribution >= 4 is 17.0 Å². The second-order valence-electron chi connectivity index (χ2n) is 6.95. The molecular weight excluding hydrogens is 424 g/mol. The van der Waals surface area contributed by atoms with Gasteiger partial charge in [-0.2, -0.15) is 14.6 Å². The number of hydrogen-bond acceptors (Lipinski definition) is 10. The number of aromatic nitrogens is 7. The Labute approximate surface area is 185 Å². The SMILES string of the molecule is Nc1nc(-c2ccco2)cc(-n2nnc3cc(Oc4noc(-c5ccccc5)n4)ccc32)n1. The average molecular weight is 438 g/mol. The van der Waals surface area contributed by atoms with Gasteiger partial charge in [0.1, 0.15) is 17.0 Å². The van der Waals surface area contributed by atoms with Crippen LogP contribution in [-0.4, -0.2) is 35.1 Å². The van der Waals surface area contributed by atoms with Gasteiger partial charge < -0.3 is 19.4 Å². The second-order valence-corrected chi connectivity index (χ2v) is 6.95. The molecule has 2 N–H and O–H groups in total. The number of fused-ring (bicyclic) bond motifs is 1. The Morgan fingerprint density at radius 3 is 2.67 bits per heavy atom. The predicted octanol–water partition coefficient (Wildman–Crippen LogP) is 3.90. The molecule has 0 amide bonds. The summed E-state index contributed by atoms with van der Waals surface area (Å²) in [5.74, 6) is 1.96. The molecule has 0 aliphatic heterocycles. The van der Waals surface area contributed by atoms with Gasteiger partial charge in [-0.1, -0.05) is 23.4 Å². The molecular formula is C22H14N8O3. The summed E-state index contributed by atoms with van der Waals surface area (Å²) in [6.45, 7) is 0. The Morgan fingerprint density at radius 2 is 1.82 bits per heavy atom. The lowest BCUT2D eigenvalue weighted by Crippen LogP contribution is -2.05. The van der Waals surface area contributed by atoms with Crippen LogP contribution in [0, 0.1) is 0 Å². The maximum absolute atomic E-state index is 5.90. The van der Waals surface area contributed by atoms with E-state index in [1.807, 2.05) is 30.3 Å². The van der Waals surface area contributed by atoms with Gasteiger partial charge in [-0.15, -0.1) is 5.10 Å². The van der Waals surface area contributed by atoms with E-state index in [4.69, 9.17) is 19.4 Å². The highest BCUT2D eigenvalue weighted by Crippen LogP contribution is 2.27. The molecule has 0 bridgehead atoms. The lowest BCUT2D eigenvalue weighted by atomic mass is 10.2. The van der Waals surface area contributed by atoms with Crippen molar-refractivity contribution in [2.24, 2.45) is 0 Å². The maximum Gasteiger partial charge on any atom is 0.360 e. The minimum absolute atomic E-state index is 0.0901. The Kier molecular flexibility index (Phi) is 4.29. The van der Waals surface area contributed by atoms with Crippen molar-refractivity contribution in [2.75, 3.05) is 5.73 Å². The lowest BCUT2D eigenvalue weighted by molar-refractivity contribution is 0.372. The first-order chi connectivity index (χ1) is 16.2. The first-order valence-corrected chi connectivity index (χ1v) is 9.84. The lowest BCUT2D eigenvalue weighted by Gasteiger charge is -2.05. The van der Waals surface area contributed by atoms with Crippen LogP contribution in [-0.2, 0) is 0 Å². The molecule has 0 aliphatic rings. The zero-order chi connectivity index (χ0) is 22.2. The molecule has 0 saturated carbocycles. The van der Waals surface area contributed by atoms with E-state index in [0.717, 1.165) is 5.56 Å². The predicted molar refractivity (Wildman–Crippen MR) is 116 cm³/mol. The smallest absolute Gasteiger partial charge is 0.360 e. The molecule has 0 atom stereocenters. The van der Waals surface area contributed by atoms with Gasteiger partial charge in [0.05, 0.1) is 11.8 Å². The molecule has 0 saturated heterocycles. The van der Waals surface area contributed by atoms with Crippen LogP contribution in [0.4, 0.5) is 5.95 Å². The minimum atomic E-state index is 0.0901. The summed E-state index contributed by atoms with van der Waals surface area (Å²) in [5.41, 5.74) is 8.52. The Bertz CT molecular complexity index is 1560. The molecule has 6 aromatic rings. The zero-order valence-corrected chi connectivity index (χ0v) is 16.9. The molecule has 4 aromatic heterocycles. The van der Waals surface area contributed by atoms with E-state index in [-0.39, 0.29) is 12.0 Å². The summed E-state index contributed by atoms with van der Waals surface area (Å²) in [6, 6.07) is 20.1. The fraction of sp³-hybridized carbons (Fsp3) is 0. The summed E-state index contributed by atoms with van der Waals surface area (Å²) in [7, 11) is 0. The molecule has 0 unspecified atom stereocenters. The maximum atomic E-state index is 5.90. The van der Waals surface area contributed by atoms with E-state index in [1.54, 1.807) is 47.3 Å². The monoisotopic (exact) mass is 438 g/mol. The van der Waals surface area contributed by atoms with E-state index in [1.165, 1.54) is 0 Å². The first-order valence-electron chi connectivity index (χ1n) is 9.84. The second kappa shape index (κ2) is 7.57. The van der Waals surface area contributed by atoms with Gasteiger partial charge in [-0.25, -0.2) is 4.98 Å². The summed E-state index contributed by atoms with van der Waals surface area (Å²) in [5, 5.41) is 12.3.